The monoisotopic (exact) mass is 319 g/mol. The fourth-order valence-corrected chi connectivity index (χ4v) is 2.37. The highest BCUT2D eigenvalue weighted by atomic mass is 16.6. The van der Waals surface area contributed by atoms with Gasteiger partial charge in [0.2, 0.25) is 0 Å². The van der Waals surface area contributed by atoms with E-state index in [1.165, 1.54) is 18.2 Å². The van der Waals surface area contributed by atoms with Crippen LogP contribution in [0.25, 0.3) is 16.8 Å². The van der Waals surface area contributed by atoms with Gasteiger partial charge in [0.25, 0.3) is 5.69 Å². The van der Waals surface area contributed by atoms with Crippen molar-refractivity contribution < 1.29 is 14.5 Å². The second-order valence-electron chi connectivity index (χ2n) is 5.05. The Hall–Kier alpha value is -3.47. The number of carbonyl (C=O) groups is 1. The molecule has 24 heavy (non-hydrogen) atoms. The third-order valence-electron chi connectivity index (χ3n) is 3.48. The number of rotatable bonds is 4. The van der Waals surface area contributed by atoms with Gasteiger partial charge in [-0.2, -0.15) is 0 Å². The lowest BCUT2D eigenvalue weighted by atomic mass is 10.1. The molecule has 5 nitrogen and oxygen atoms in total. The Labute approximate surface area is 138 Å². The van der Waals surface area contributed by atoms with Crippen molar-refractivity contribution in [1.29, 1.82) is 0 Å². The fourth-order valence-electron chi connectivity index (χ4n) is 2.37. The molecule has 0 aromatic heterocycles. The van der Waals surface area contributed by atoms with E-state index in [0.717, 1.165) is 5.56 Å². The molecule has 0 aliphatic heterocycles. The van der Waals surface area contributed by atoms with Crippen molar-refractivity contribution in [3.8, 4) is 5.75 Å². The van der Waals surface area contributed by atoms with Crippen molar-refractivity contribution in [2.24, 2.45) is 0 Å². The van der Waals surface area contributed by atoms with Crippen LogP contribution in [0.1, 0.15) is 5.56 Å². The minimum Gasteiger partial charge on any atom is -0.423 e. The first kappa shape index (κ1) is 15.4. The van der Waals surface area contributed by atoms with Crippen molar-refractivity contribution in [3.63, 3.8) is 0 Å². The summed E-state index contributed by atoms with van der Waals surface area (Å²) in [5, 5.41) is 12.0. The maximum absolute atomic E-state index is 12.0. The molecular formula is C19H13NO4. The van der Waals surface area contributed by atoms with Gasteiger partial charge in [-0.25, -0.2) is 4.79 Å². The summed E-state index contributed by atoms with van der Waals surface area (Å²) in [5.74, 6) is -0.253. The van der Waals surface area contributed by atoms with E-state index in [-0.39, 0.29) is 5.69 Å². The van der Waals surface area contributed by atoms with Gasteiger partial charge < -0.3 is 4.74 Å². The standard InChI is InChI=1S/C19H13NO4/c21-19(13-10-14-6-2-1-3-7-14)24-18-12-11-17(20(22)23)15-8-4-5-9-16(15)18/h1-13H. The van der Waals surface area contributed by atoms with Crippen LogP contribution in [0, 0.1) is 10.1 Å². The van der Waals surface area contributed by atoms with Crippen molar-refractivity contribution in [2.45, 2.75) is 0 Å². The zero-order chi connectivity index (χ0) is 16.9. The summed E-state index contributed by atoms with van der Waals surface area (Å²) in [6.45, 7) is 0. The Morgan fingerprint density at radius 3 is 2.29 bits per heavy atom. The molecule has 0 aliphatic carbocycles. The van der Waals surface area contributed by atoms with Crippen LogP contribution in [-0.4, -0.2) is 10.9 Å². The van der Waals surface area contributed by atoms with Gasteiger partial charge in [-0.1, -0.05) is 48.5 Å². The highest BCUT2D eigenvalue weighted by Gasteiger charge is 2.15. The van der Waals surface area contributed by atoms with Crippen molar-refractivity contribution >= 4 is 28.5 Å². The maximum atomic E-state index is 12.0. The predicted octanol–water partition coefficient (Wildman–Crippen LogP) is 4.37. The molecule has 0 spiro atoms. The smallest absolute Gasteiger partial charge is 0.336 e. The van der Waals surface area contributed by atoms with Gasteiger partial charge in [-0.3, -0.25) is 10.1 Å². The van der Waals surface area contributed by atoms with E-state index in [4.69, 9.17) is 4.74 Å². The Kier molecular flexibility index (Phi) is 4.34. The SMILES string of the molecule is O=C(C=Cc1ccccc1)Oc1ccc([N+](=O)[O-])c2ccccc12. The molecular weight excluding hydrogens is 306 g/mol. The van der Waals surface area contributed by atoms with E-state index in [1.54, 1.807) is 30.3 Å². The first-order chi connectivity index (χ1) is 11.6. The Morgan fingerprint density at radius 1 is 0.917 bits per heavy atom. The zero-order valence-electron chi connectivity index (χ0n) is 12.6. The number of ether oxygens (including phenoxy) is 1. The van der Waals surface area contributed by atoms with Crippen molar-refractivity contribution in [1.82, 2.24) is 0 Å². The van der Waals surface area contributed by atoms with Crippen LogP contribution < -0.4 is 4.74 Å². The molecule has 0 amide bonds. The molecule has 0 heterocycles. The highest BCUT2D eigenvalue weighted by Crippen LogP contribution is 2.32. The summed E-state index contributed by atoms with van der Waals surface area (Å²) >= 11 is 0. The minimum atomic E-state index is -0.544. The van der Waals surface area contributed by atoms with Crippen LogP contribution >= 0.6 is 0 Å². The summed E-state index contributed by atoms with van der Waals surface area (Å²) in [4.78, 5) is 22.6. The van der Waals surface area contributed by atoms with Gasteiger partial charge in [0.1, 0.15) is 5.75 Å². The molecule has 118 valence electrons. The summed E-state index contributed by atoms with van der Waals surface area (Å²) in [6.07, 6.45) is 2.97. The largest absolute Gasteiger partial charge is 0.423 e. The van der Waals surface area contributed by atoms with Gasteiger partial charge >= 0.3 is 5.97 Å². The first-order valence-corrected chi connectivity index (χ1v) is 7.26. The van der Waals surface area contributed by atoms with Crippen LogP contribution in [-0.2, 0) is 4.79 Å². The molecule has 0 saturated heterocycles. The molecule has 0 saturated carbocycles. The average molecular weight is 319 g/mol. The number of carbonyl (C=O) groups excluding carboxylic acids is 1. The summed E-state index contributed by atoms with van der Waals surface area (Å²) in [7, 11) is 0. The molecule has 5 heteroatoms. The summed E-state index contributed by atoms with van der Waals surface area (Å²) in [6, 6.07) is 18.9. The first-order valence-electron chi connectivity index (χ1n) is 7.26. The van der Waals surface area contributed by atoms with Crippen LogP contribution in [0.4, 0.5) is 5.69 Å². The van der Waals surface area contributed by atoms with Gasteiger partial charge in [0, 0.05) is 17.5 Å². The van der Waals surface area contributed by atoms with Crippen molar-refractivity contribution in [2.75, 3.05) is 0 Å². The van der Waals surface area contributed by atoms with Gasteiger partial charge in [0.15, 0.2) is 0 Å². The van der Waals surface area contributed by atoms with Crippen LogP contribution in [0.3, 0.4) is 0 Å². The molecule has 0 aliphatic rings. The maximum Gasteiger partial charge on any atom is 0.336 e. The molecule has 3 aromatic carbocycles. The van der Waals surface area contributed by atoms with Gasteiger partial charge in [-0.15, -0.1) is 0 Å². The summed E-state index contributed by atoms with van der Waals surface area (Å²) in [5.41, 5.74) is 0.855. The van der Waals surface area contributed by atoms with E-state index >= 15 is 0 Å². The van der Waals surface area contributed by atoms with E-state index in [2.05, 4.69) is 0 Å². The number of nitro benzene ring substituents is 1. The number of benzene rings is 3. The zero-order valence-corrected chi connectivity index (χ0v) is 12.6. The highest BCUT2D eigenvalue weighted by molar-refractivity contribution is 5.98. The Bertz CT molecular complexity index is 933. The second-order valence-corrected chi connectivity index (χ2v) is 5.05. The molecule has 0 bridgehead atoms. The molecule has 0 N–H and O–H groups in total. The number of non-ortho nitro benzene ring substituents is 1. The average Bonchev–Trinajstić information content (AvgIpc) is 2.61. The van der Waals surface area contributed by atoms with Gasteiger partial charge in [0.05, 0.1) is 10.3 Å². The summed E-state index contributed by atoms with van der Waals surface area (Å²) < 4.78 is 5.34. The number of esters is 1. The van der Waals surface area contributed by atoms with Crippen LogP contribution in [0.2, 0.25) is 0 Å². The normalized spacial score (nSPS) is 10.8. The third-order valence-corrected chi connectivity index (χ3v) is 3.48. The van der Waals surface area contributed by atoms with Gasteiger partial charge in [-0.05, 0) is 23.8 Å². The van der Waals surface area contributed by atoms with E-state index in [0.29, 0.717) is 16.5 Å². The Morgan fingerprint density at radius 2 is 1.58 bits per heavy atom. The van der Waals surface area contributed by atoms with E-state index in [9.17, 15) is 14.9 Å². The molecule has 3 rings (SSSR count). The third kappa shape index (κ3) is 3.30. The van der Waals surface area contributed by atoms with Crippen LogP contribution in [0.15, 0.2) is 72.8 Å². The quantitative estimate of drug-likeness (QED) is 0.235. The van der Waals surface area contributed by atoms with E-state index in [1.807, 2.05) is 30.3 Å². The number of hydrogen-bond donors (Lipinski definition) is 0. The number of nitrogens with zero attached hydrogens (tertiary/aromatic N) is 1. The molecule has 3 aromatic rings. The topological polar surface area (TPSA) is 69.4 Å². The number of hydrogen-bond acceptors (Lipinski definition) is 4. The second kappa shape index (κ2) is 6.75. The predicted molar refractivity (Wildman–Crippen MR) is 91.7 cm³/mol. The molecule has 0 atom stereocenters. The lowest BCUT2D eigenvalue weighted by Gasteiger charge is -2.06. The lowest BCUT2D eigenvalue weighted by Crippen LogP contribution is -2.04. The van der Waals surface area contributed by atoms with E-state index < -0.39 is 10.9 Å². The Balaban J connectivity index is 1.88. The van der Waals surface area contributed by atoms with Crippen LogP contribution in [0.5, 0.6) is 5.75 Å². The lowest BCUT2D eigenvalue weighted by molar-refractivity contribution is -0.383. The molecule has 0 fully saturated rings. The molecule has 0 radical (unpaired) electrons. The number of nitro groups is 1. The number of fused-ring (bicyclic) bond motifs is 1. The fraction of sp³-hybridized carbons (Fsp3) is 0. The molecule has 0 unspecified atom stereocenters. The minimum absolute atomic E-state index is 0.0229. The van der Waals surface area contributed by atoms with Crippen molar-refractivity contribution in [3.05, 3.63) is 88.5 Å².